The topological polar surface area (TPSA) is 26.3 Å². The van der Waals surface area contributed by atoms with Gasteiger partial charge in [0, 0.05) is 6.42 Å². The number of hydrogen-bond acceptors (Lipinski definition) is 0. The summed E-state index contributed by atoms with van der Waals surface area (Å²) in [6.07, 6.45) is -2.68. The Morgan fingerprint density at radius 3 is 2.36 bits per heavy atom. The molecule has 0 aliphatic rings. The third-order valence-corrected chi connectivity index (χ3v) is 0.908. The fourth-order valence-electron chi connectivity index (χ4n) is 0.462. The number of halogens is 3. The van der Waals surface area contributed by atoms with Crippen molar-refractivity contribution in [3.63, 3.8) is 0 Å². The van der Waals surface area contributed by atoms with E-state index in [1.165, 1.54) is 13.3 Å². The third-order valence-electron chi connectivity index (χ3n) is 0.908. The molecule has 64 valence electrons. The van der Waals surface area contributed by atoms with Gasteiger partial charge in [-0.25, -0.2) is 0 Å². The highest BCUT2D eigenvalue weighted by atomic mass is 19.4. The fraction of sp³-hybridized carbons (Fsp3) is 0.667. The van der Waals surface area contributed by atoms with Crippen LogP contribution >= 0.6 is 0 Å². The van der Waals surface area contributed by atoms with Gasteiger partial charge < -0.3 is 0 Å². The molecule has 0 rings (SSSR count). The van der Waals surface area contributed by atoms with Crippen molar-refractivity contribution in [1.29, 1.82) is 0 Å². The van der Waals surface area contributed by atoms with Gasteiger partial charge in [-0.15, -0.1) is 0 Å². The second-order valence-electron chi connectivity index (χ2n) is 1.82. The minimum Gasteiger partial charge on any atom is -0.270 e. The van der Waals surface area contributed by atoms with Crippen LogP contribution in [0.1, 0.15) is 13.3 Å². The molecule has 0 aromatic heterocycles. The van der Waals surface area contributed by atoms with Gasteiger partial charge in [-0.1, -0.05) is 11.9 Å². The lowest BCUT2D eigenvalue weighted by Crippen LogP contribution is -2.71. The van der Waals surface area contributed by atoms with Crippen LogP contribution in [0.2, 0.25) is 0 Å². The molecule has 2 nitrogen and oxygen atoms in total. The summed E-state index contributed by atoms with van der Waals surface area (Å²) in [5.41, 5.74) is 0. The van der Waals surface area contributed by atoms with Crippen molar-refractivity contribution in [2.24, 2.45) is 4.99 Å². The van der Waals surface area contributed by atoms with E-state index in [1.54, 1.807) is 6.92 Å². The van der Waals surface area contributed by atoms with Crippen LogP contribution in [0, 0.1) is 0 Å². The van der Waals surface area contributed by atoms with Crippen LogP contribution in [-0.2, 0) is 0 Å². The Morgan fingerprint density at radius 1 is 1.55 bits per heavy atom. The van der Waals surface area contributed by atoms with E-state index in [9.17, 15) is 13.2 Å². The maximum absolute atomic E-state index is 11.8. The molecule has 0 fully saturated rings. The number of nitrogens with one attached hydrogen (secondary N) is 1. The van der Waals surface area contributed by atoms with Crippen molar-refractivity contribution in [3.8, 4) is 0 Å². The molecule has 0 amide bonds. The molecule has 0 aliphatic heterocycles. The molecule has 0 saturated heterocycles. The maximum Gasteiger partial charge on any atom is 0.498 e. The molecule has 0 aliphatic carbocycles. The molecule has 0 spiro atoms. The highest BCUT2D eigenvalue weighted by Gasteiger charge is 2.42. The van der Waals surface area contributed by atoms with E-state index >= 15 is 0 Å². The Balaban J connectivity index is 4.33. The summed E-state index contributed by atoms with van der Waals surface area (Å²) in [4.78, 5) is 5.16. The maximum atomic E-state index is 11.8. The number of amidine groups is 1. The zero-order valence-corrected chi connectivity index (χ0v) is 6.37. The summed E-state index contributed by atoms with van der Waals surface area (Å²) in [6, 6.07) is 0. The predicted molar refractivity (Wildman–Crippen MR) is 36.7 cm³/mol. The minimum absolute atomic E-state index is 0.487. The van der Waals surface area contributed by atoms with Crippen LogP contribution < -0.4 is 4.99 Å². The normalized spacial score (nSPS) is 14.5. The highest BCUT2D eigenvalue weighted by Crippen LogP contribution is 2.14. The fourth-order valence-corrected chi connectivity index (χ4v) is 0.462. The van der Waals surface area contributed by atoms with Gasteiger partial charge in [-0.2, -0.15) is 13.2 Å². The van der Waals surface area contributed by atoms with Gasteiger partial charge in [-0.05, 0) is 0 Å². The van der Waals surface area contributed by atoms with E-state index < -0.39 is 12.0 Å². The zero-order valence-electron chi connectivity index (χ0n) is 6.37. The van der Waals surface area contributed by atoms with E-state index in [1.807, 2.05) is 4.99 Å². The van der Waals surface area contributed by atoms with E-state index in [0.717, 1.165) is 0 Å². The van der Waals surface area contributed by atoms with Crippen LogP contribution in [0.5, 0.6) is 0 Å². The van der Waals surface area contributed by atoms with Gasteiger partial charge in [0.1, 0.15) is 6.21 Å². The molecule has 5 heteroatoms. The lowest BCUT2D eigenvalue weighted by atomic mass is 10.5. The summed E-state index contributed by atoms with van der Waals surface area (Å²) < 4.78 is 35.5. The van der Waals surface area contributed by atoms with Crippen molar-refractivity contribution in [2.75, 3.05) is 7.05 Å². The van der Waals surface area contributed by atoms with Crippen molar-refractivity contribution < 1.29 is 18.2 Å². The Kier molecular flexibility index (Phi) is 3.78. The SMILES string of the molecule is CCC=NC(=[NH+]C)C(F)(F)F. The first-order valence-corrected chi connectivity index (χ1v) is 3.16. The molecule has 0 atom stereocenters. The molecule has 0 saturated carbocycles. The van der Waals surface area contributed by atoms with Crippen LogP contribution in [0.3, 0.4) is 0 Å². The van der Waals surface area contributed by atoms with Crippen LogP contribution in [-0.4, -0.2) is 25.3 Å². The number of alkyl halides is 3. The van der Waals surface area contributed by atoms with E-state index in [2.05, 4.69) is 4.99 Å². The van der Waals surface area contributed by atoms with Gasteiger partial charge in [0.25, 0.3) is 0 Å². The largest absolute Gasteiger partial charge is 0.498 e. The summed E-state index contributed by atoms with van der Waals surface area (Å²) >= 11 is 0. The molecular formula is C6H10F3N2+. The summed E-state index contributed by atoms with van der Waals surface area (Å²) in [6.45, 7) is 1.72. The Morgan fingerprint density at radius 2 is 2.09 bits per heavy atom. The monoisotopic (exact) mass is 167 g/mol. The summed E-state index contributed by atoms with van der Waals surface area (Å²) in [5.74, 6) is -0.959. The van der Waals surface area contributed by atoms with Crippen LogP contribution in [0.4, 0.5) is 13.2 Å². The van der Waals surface area contributed by atoms with Crippen molar-refractivity contribution in [1.82, 2.24) is 0 Å². The van der Waals surface area contributed by atoms with Crippen LogP contribution in [0.15, 0.2) is 4.99 Å². The predicted octanol–water partition coefficient (Wildman–Crippen LogP) is 0.138. The van der Waals surface area contributed by atoms with E-state index in [0.29, 0.717) is 6.42 Å². The molecule has 0 radical (unpaired) electrons. The molecule has 11 heavy (non-hydrogen) atoms. The number of rotatable bonds is 1. The lowest BCUT2D eigenvalue weighted by molar-refractivity contribution is -0.431. The van der Waals surface area contributed by atoms with Crippen LogP contribution in [0.25, 0.3) is 0 Å². The molecule has 0 aromatic rings. The smallest absolute Gasteiger partial charge is 0.270 e. The van der Waals surface area contributed by atoms with E-state index in [-0.39, 0.29) is 0 Å². The lowest BCUT2D eigenvalue weighted by Gasteiger charge is -1.95. The van der Waals surface area contributed by atoms with Gasteiger partial charge in [0.15, 0.2) is 0 Å². The number of aliphatic imine (C=N–C) groups is 1. The third kappa shape index (κ3) is 3.75. The second-order valence-corrected chi connectivity index (χ2v) is 1.82. The molecule has 0 aromatic carbocycles. The van der Waals surface area contributed by atoms with Gasteiger partial charge >= 0.3 is 12.0 Å². The summed E-state index contributed by atoms with van der Waals surface area (Å²) in [5, 5.41) is 0. The quantitative estimate of drug-likeness (QED) is 0.424. The highest BCUT2D eigenvalue weighted by molar-refractivity contribution is 5.89. The first kappa shape index (κ1) is 10.1. The zero-order chi connectivity index (χ0) is 8.91. The molecule has 0 heterocycles. The van der Waals surface area contributed by atoms with Gasteiger partial charge in [0.05, 0.1) is 7.05 Å². The average Bonchev–Trinajstić information content (AvgIpc) is 1.87. The standard InChI is InChI=1S/C6H9F3N2/c1-3-4-11-5(10-2)6(7,8)9/h4H,3H2,1-2H3/p+1. The Hall–Kier alpha value is -0.870. The van der Waals surface area contributed by atoms with E-state index in [4.69, 9.17) is 0 Å². The second kappa shape index (κ2) is 4.10. The van der Waals surface area contributed by atoms with Crippen molar-refractivity contribution in [2.45, 2.75) is 19.5 Å². The van der Waals surface area contributed by atoms with Gasteiger partial charge in [-0.3, -0.25) is 4.99 Å². The number of hydrogen-bond donors (Lipinski definition) is 1. The Labute approximate surface area is 62.9 Å². The first-order valence-electron chi connectivity index (χ1n) is 3.16. The molecule has 0 unspecified atom stereocenters. The van der Waals surface area contributed by atoms with Crippen molar-refractivity contribution in [3.05, 3.63) is 0 Å². The minimum atomic E-state index is -4.37. The van der Waals surface area contributed by atoms with Crippen molar-refractivity contribution >= 4 is 12.1 Å². The molecule has 1 N–H and O–H groups in total. The molecular weight excluding hydrogens is 157 g/mol. The average molecular weight is 167 g/mol. The number of nitrogens with zero attached hydrogens (tertiary/aromatic N) is 1. The Bertz CT molecular complexity index is 169. The van der Waals surface area contributed by atoms with Gasteiger partial charge in [0.2, 0.25) is 0 Å². The summed E-state index contributed by atoms with van der Waals surface area (Å²) in [7, 11) is 1.19. The first-order chi connectivity index (χ1) is 5.02. The molecule has 0 bridgehead atoms.